The average Bonchev–Trinajstić information content (AvgIpc) is 3.61. The third kappa shape index (κ3) is 4.41. The summed E-state index contributed by atoms with van der Waals surface area (Å²) in [6, 6.07) is 12.7. The van der Waals surface area contributed by atoms with Crippen LogP contribution in [0.2, 0.25) is 0 Å². The number of hydrogen-bond donors (Lipinski definition) is 1. The van der Waals surface area contributed by atoms with E-state index in [1.54, 1.807) is 0 Å². The second kappa shape index (κ2) is 9.70. The molecule has 1 N–H and O–H groups in total. The molecule has 37 heavy (non-hydrogen) atoms. The van der Waals surface area contributed by atoms with Crippen LogP contribution in [0.4, 0.5) is 10.1 Å². The number of fused-ring (bicyclic) bond motifs is 1. The van der Waals surface area contributed by atoms with E-state index in [0.717, 1.165) is 72.6 Å². The zero-order valence-corrected chi connectivity index (χ0v) is 21.3. The van der Waals surface area contributed by atoms with E-state index in [9.17, 15) is 9.18 Å². The van der Waals surface area contributed by atoms with Gasteiger partial charge in [0.2, 0.25) is 0 Å². The first kappa shape index (κ1) is 23.8. The summed E-state index contributed by atoms with van der Waals surface area (Å²) in [4.78, 5) is 21.4. The highest BCUT2D eigenvalue weighted by molar-refractivity contribution is 5.85. The molecule has 8 nitrogen and oxygen atoms in total. The molecule has 9 heteroatoms. The SMILES string of the molecule is Cc1ccc(C)c2[nH]c(=O)c([C@@H](c3nnnn3C3CCCC3)N3CCN(c4ccc(F)cc4)CC3)cc12. The lowest BCUT2D eigenvalue weighted by Gasteiger charge is -2.39. The first-order valence-corrected chi connectivity index (χ1v) is 13.1. The number of aryl methyl sites for hydroxylation is 2. The molecule has 0 bridgehead atoms. The van der Waals surface area contributed by atoms with Gasteiger partial charge in [-0.2, -0.15) is 0 Å². The van der Waals surface area contributed by atoms with Gasteiger partial charge in [0.25, 0.3) is 5.56 Å². The summed E-state index contributed by atoms with van der Waals surface area (Å²) in [6.45, 7) is 7.06. The number of pyridine rings is 1. The lowest BCUT2D eigenvalue weighted by Crippen LogP contribution is -2.49. The molecule has 1 saturated carbocycles. The number of H-pyrrole nitrogens is 1. The molecule has 1 aliphatic carbocycles. The van der Waals surface area contributed by atoms with Crippen LogP contribution in [-0.4, -0.2) is 56.3 Å². The van der Waals surface area contributed by atoms with Crippen molar-refractivity contribution in [3.05, 3.63) is 81.2 Å². The van der Waals surface area contributed by atoms with Crippen molar-refractivity contribution in [2.24, 2.45) is 0 Å². The molecule has 2 fully saturated rings. The molecule has 0 amide bonds. The maximum Gasteiger partial charge on any atom is 0.253 e. The summed E-state index contributed by atoms with van der Waals surface area (Å²) in [7, 11) is 0. The van der Waals surface area contributed by atoms with Crippen LogP contribution in [-0.2, 0) is 0 Å². The maximum atomic E-state index is 13.6. The third-order valence-electron chi connectivity index (χ3n) is 8.07. The lowest BCUT2D eigenvalue weighted by atomic mass is 9.99. The molecule has 3 heterocycles. The molecule has 0 unspecified atom stereocenters. The summed E-state index contributed by atoms with van der Waals surface area (Å²) in [5.74, 6) is 0.500. The van der Waals surface area contributed by atoms with Crippen LogP contribution in [0.3, 0.4) is 0 Å². The second-order valence-electron chi connectivity index (χ2n) is 10.4. The van der Waals surface area contributed by atoms with Gasteiger partial charge < -0.3 is 9.88 Å². The van der Waals surface area contributed by atoms with Crippen molar-refractivity contribution >= 4 is 16.6 Å². The lowest BCUT2D eigenvalue weighted by molar-refractivity contribution is 0.197. The Morgan fingerprint density at radius 2 is 1.68 bits per heavy atom. The van der Waals surface area contributed by atoms with E-state index >= 15 is 0 Å². The molecule has 0 radical (unpaired) electrons. The van der Waals surface area contributed by atoms with Crippen LogP contribution >= 0.6 is 0 Å². The Labute approximate surface area is 215 Å². The molecule has 2 aromatic carbocycles. The summed E-state index contributed by atoms with van der Waals surface area (Å²) in [6.07, 6.45) is 4.44. The summed E-state index contributed by atoms with van der Waals surface area (Å²) in [5, 5.41) is 14.0. The van der Waals surface area contributed by atoms with Gasteiger partial charge in [-0.3, -0.25) is 9.69 Å². The molecule has 6 rings (SSSR count). The van der Waals surface area contributed by atoms with Gasteiger partial charge >= 0.3 is 0 Å². The van der Waals surface area contributed by atoms with Crippen LogP contribution in [0.1, 0.15) is 60.3 Å². The largest absolute Gasteiger partial charge is 0.369 e. The fourth-order valence-corrected chi connectivity index (χ4v) is 5.97. The van der Waals surface area contributed by atoms with Gasteiger partial charge in [0.15, 0.2) is 5.82 Å². The quantitative estimate of drug-likeness (QED) is 0.439. The number of aromatic nitrogens is 5. The van der Waals surface area contributed by atoms with Gasteiger partial charge in [0, 0.05) is 42.8 Å². The zero-order valence-electron chi connectivity index (χ0n) is 21.3. The van der Waals surface area contributed by atoms with Crippen molar-refractivity contribution in [1.82, 2.24) is 30.1 Å². The van der Waals surface area contributed by atoms with E-state index in [4.69, 9.17) is 0 Å². The number of hydrogen-bond acceptors (Lipinski definition) is 6. The van der Waals surface area contributed by atoms with E-state index in [1.165, 1.54) is 25.0 Å². The fraction of sp³-hybridized carbons (Fsp3) is 0.429. The van der Waals surface area contributed by atoms with Crippen LogP contribution in [0.25, 0.3) is 10.9 Å². The number of anilines is 1. The minimum atomic E-state index is -0.362. The first-order chi connectivity index (χ1) is 18.0. The van der Waals surface area contributed by atoms with Crippen LogP contribution in [0, 0.1) is 19.7 Å². The number of piperazine rings is 1. The number of halogens is 1. The van der Waals surface area contributed by atoms with E-state index in [2.05, 4.69) is 43.3 Å². The van der Waals surface area contributed by atoms with Gasteiger partial charge in [-0.15, -0.1) is 5.10 Å². The van der Waals surface area contributed by atoms with Crippen molar-refractivity contribution < 1.29 is 4.39 Å². The van der Waals surface area contributed by atoms with Crippen LogP contribution < -0.4 is 10.5 Å². The fourth-order valence-electron chi connectivity index (χ4n) is 5.97. The normalized spacial score (nSPS) is 18.1. The second-order valence-corrected chi connectivity index (χ2v) is 10.4. The predicted octanol–water partition coefficient (Wildman–Crippen LogP) is 4.30. The van der Waals surface area contributed by atoms with Gasteiger partial charge in [-0.1, -0.05) is 25.0 Å². The summed E-state index contributed by atoms with van der Waals surface area (Å²) >= 11 is 0. The Hall–Kier alpha value is -3.59. The average molecular weight is 502 g/mol. The third-order valence-corrected chi connectivity index (χ3v) is 8.07. The van der Waals surface area contributed by atoms with Gasteiger partial charge in [-0.25, -0.2) is 9.07 Å². The van der Waals surface area contributed by atoms with Crippen molar-refractivity contribution in [2.45, 2.75) is 51.6 Å². The maximum absolute atomic E-state index is 13.6. The van der Waals surface area contributed by atoms with Gasteiger partial charge in [0.05, 0.1) is 11.6 Å². The Morgan fingerprint density at radius 1 is 0.973 bits per heavy atom. The highest BCUT2D eigenvalue weighted by atomic mass is 19.1. The van der Waals surface area contributed by atoms with Gasteiger partial charge in [-0.05, 0) is 78.6 Å². The molecular weight excluding hydrogens is 469 g/mol. The van der Waals surface area contributed by atoms with Crippen molar-refractivity contribution in [3.8, 4) is 0 Å². The number of benzene rings is 2. The minimum absolute atomic E-state index is 0.104. The predicted molar refractivity (Wildman–Crippen MR) is 141 cm³/mol. The Kier molecular flexibility index (Phi) is 6.24. The van der Waals surface area contributed by atoms with E-state index in [1.807, 2.05) is 35.9 Å². The first-order valence-electron chi connectivity index (χ1n) is 13.1. The Balaban J connectivity index is 1.41. The van der Waals surface area contributed by atoms with E-state index < -0.39 is 0 Å². The monoisotopic (exact) mass is 501 g/mol. The molecule has 1 aliphatic heterocycles. The van der Waals surface area contributed by atoms with Crippen molar-refractivity contribution in [2.75, 3.05) is 31.1 Å². The molecule has 4 aromatic rings. The van der Waals surface area contributed by atoms with Crippen LogP contribution in [0.15, 0.2) is 47.3 Å². The molecule has 192 valence electrons. The molecule has 0 spiro atoms. The highest BCUT2D eigenvalue weighted by Gasteiger charge is 2.35. The van der Waals surface area contributed by atoms with Gasteiger partial charge in [0.1, 0.15) is 11.9 Å². The Bertz CT molecular complexity index is 1460. The number of nitrogens with zero attached hydrogens (tertiary/aromatic N) is 6. The number of rotatable bonds is 5. The Morgan fingerprint density at radius 3 is 2.41 bits per heavy atom. The minimum Gasteiger partial charge on any atom is -0.369 e. The molecule has 2 aromatic heterocycles. The standard InChI is InChI=1S/C28H32FN7O/c1-18-7-8-19(2)25-23(18)17-24(28(37)30-25)26(27-31-32-33-36(27)22-5-3-4-6-22)35-15-13-34(14-16-35)21-11-9-20(29)10-12-21/h7-12,17,22,26H,3-6,13-16H2,1-2H3,(H,30,37)/t26-/m0/s1. The molecular formula is C28H32FN7O. The molecule has 1 saturated heterocycles. The summed E-state index contributed by atoms with van der Waals surface area (Å²) in [5.41, 5.74) is 4.61. The smallest absolute Gasteiger partial charge is 0.253 e. The van der Waals surface area contributed by atoms with Crippen LogP contribution in [0.5, 0.6) is 0 Å². The summed E-state index contributed by atoms with van der Waals surface area (Å²) < 4.78 is 15.4. The number of aromatic amines is 1. The van der Waals surface area contributed by atoms with Crippen molar-refractivity contribution in [3.63, 3.8) is 0 Å². The van der Waals surface area contributed by atoms with E-state index in [-0.39, 0.29) is 23.5 Å². The van der Waals surface area contributed by atoms with E-state index in [0.29, 0.717) is 5.56 Å². The number of tetrazole rings is 1. The topological polar surface area (TPSA) is 82.9 Å². The molecule has 1 atom stereocenters. The zero-order chi connectivity index (χ0) is 25.5. The molecule has 2 aliphatic rings. The highest BCUT2D eigenvalue weighted by Crippen LogP contribution is 2.35. The van der Waals surface area contributed by atoms with Crippen molar-refractivity contribution in [1.29, 1.82) is 0 Å². The number of nitrogens with one attached hydrogen (secondary N) is 1.